The van der Waals surface area contributed by atoms with E-state index in [1.807, 2.05) is 26.0 Å². The second kappa shape index (κ2) is 4.54. The first kappa shape index (κ1) is 13.9. The molecule has 19 heavy (non-hydrogen) atoms. The molecule has 0 amide bonds. The quantitative estimate of drug-likeness (QED) is 0.769. The van der Waals surface area contributed by atoms with E-state index in [0.29, 0.717) is 11.0 Å². The van der Waals surface area contributed by atoms with Crippen molar-refractivity contribution in [1.82, 2.24) is 9.55 Å². The van der Waals surface area contributed by atoms with Crippen LogP contribution in [0.25, 0.3) is 11.0 Å². The molecule has 2 aromatic rings. The van der Waals surface area contributed by atoms with Crippen LogP contribution >= 0.6 is 0 Å². The van der Waals surface area contributed by atoms with Crippen LogP contribution in [0.4, 0.5) is 13.2 Å². The Bertz CT molecular complexity index is 594. The van der Waals surface area contributed by atoms with Gasteiger partial charge in [0.15, 0.2) is 0 Å². The fraction of sp³-hybridized carbons (Fsp3) is 0.500. The highest BCUT2D eigenvalue weighted by molar-refractivity contribution is 5.77. The fourth-order valence-corrected chi connectivity index (χ4v) is 2.19. The number of halogens is 3. The van der Waals surface area contributed by atoms with Crippen LogP contribution in [0.5, 0.6) is 0 Å². The third kappa shape index (κ3) is 2.46. The van der Waals surface area contributed by atoms with Crippen LogP contribution in [0.2, 0.25) is 0 Å². The summed E-state index contributed by atoms with van der Waals surface area (Å²) in [5, 5.41) is 0. The predicted octanol–water partition coefficient (Wildman–Crippen LogP) is 4.76. The molecule has 1 heterocycles. The van der Waals surface area contributed by atoms with Gasteiger partial charge in [-0.3, -0.25) is 0 Å². The molecule has 2 rings (SSSR count). The molecule has 1 aromatic heterocycles. The zero-order chi connectivity index (χ0) is 14.4. The Kier molecular flexibility index (Phi) is 3.32. The summed E-state index contributed by atoms with van der Waals surface area (Å²) in [7, 11) is 0. The average Bonchev–Trinajstić information content (AvgIpc) is 2.66. The number of aromatic nitrogens is 2. The third-order valence-corrected chi connectivity index (χ3v) is 3.15. The van der Waals surface area contributed by atoms with E-state index in [0.717, 1.165) is 5.56 Å². The Balaban J connectivity index is 2.76. The summed E-state index contributed by atoms with van der Waals surface area (Å²) in [5.74, 6) is -0.548. The number of benzene rings is 1. The van der Waals surface area contributed by atoms with E-state index in [-0.39, 0.29) is 12.0 Å². The van der Waals surface area contributed by atoms with Crippen molar-refractivity contribution >= 4 is 11.0 Å². The lowest BCUT2D eigenvalue weighted by Crippen LogP contribution is -2.16. The Morgan fingerprint density at radius 1 is 1.11 bits per heavy atom. The normalized spacial score (nSPS) is 12.9. The number of hydrogen-bond acceptors (Lipinski definition) is 1. The predicted molar refractivity (Wildman–Crippen MR) is 69.2 cm³/mol. The summed E-state index contributed by atoms with van der Waals surface area (Å²) in [5.41, 5.74) is 1.96. The van der Waals surface area contributed by atoms with E-state index in [1.165, 1.54) is 4.57 Å². The molecular formula is C14H17F3N2. The molecule has 0 aliphatic rings. The van der Waals surface area contributed by atoms with Gasteiger partial charge in [0.25, 0.3) is 0 Å². The molecular weight excluding hydrogens is 253 g/mol. The van der Waals surface area contributed by atoms with Gasteiger partial charge in [-0.15, -0.1) is 0 Å². The molecule has 0 atom stereocenters. The highest BCUT2D eigenvalue weighted by Crippen LogP contribution is 2.34. The standard InChI is InChI=1S/C14H17F3N2/c1-8(2)10-5-6-11-12(7-10)19(9(3)4)13(18-11)14(15,16)17/h5-9H,1-4H3. The van der Waals surface area contributed by atoms with Crippen LogP contribution < -0.4 is 0 Å². The van der Waals surface area contributed by atoms with Gasteiger partial charge in [0.2, 0.25) is 5.82 Å². The first-order valence-corrected chi connectivity index (χ1v) is 6.31. The summed E-state index contributed by atoms with van der Waals surface area (Å²) < 4.78 is 40.3. The fourth-order valence-electron chi connectivity index (χ4n) is 2.19. The Morgan fingerprint density at radius 3 is 2.21 bits per heavy atom. The van der Waals surface area contributed by atoms with Gasteiger partial charge in [-0.05, 0) is 37.5 Å². The summed E-state index contributed by atoms with van der Waals surface area (Å²) >= 11 is 0. The number of nitrogens with zero attached hydrogens (tertiary/aromatic N) is 2. The molecule has 0 unspecified atom stereocenters. The van der Waals surface area contributed by atoms with Gasteiger partial charge in [0, 0.05) is 6.04 Å². The topological polar surface area (TPSA) is 17.8 Å². The largest absolute Gasteiger partial charge is 0.449 e. The molecule has 2 nitrogen and oxygen atoms in total. The number of imidazole rings is 1. The minimum absolute atomic E-state index is 0.272. The zero-order valence-electron chi connectivity index (χ0n) is 11.4. The molecule has 104 valence electrons. The summed E-state index contributed by atoms with van der Waals surface area (Å²) in [6.07, 6.45) is -4.43. The molecule has 0 radical (unpaired) electrons. The van der Waals surface area contributed by atoms with Crippen LogP contribution in [-0.2, 0) is 6.18 Å². The lowest BCUT2D eigenvalue weighted by atomic mass is 10.0. The Morgan fingerprint density at radius 2 is 1.74 bits per heavy atom. The lowest BCUT2D eigenvalue weighted by Gasteiger charge is -2.15. The van der Waals surface area contributed by atoms with Gasteiger partial charge < -0.3 is 4.57 Å². The number of hydrogen-bond donors (Lipinski definition) is 0. The molecule has 0 saturated carbocycles. The molecule has 0 saturated heterocycles. The molecule has 0 fully saturated rings. The van der Waals surface area contributed by atoms with E-state index < -0.39 is 12.0 Å². The maximum absolute atomic E-state index is 13.0. The van der Waals surface area contributed by atoms with Crippen molar-refractivity contribution in [3.8, 4) is 0 Å². The molecule has 0 aliphatic heterocycles. The highest BCUT2D eigenvalue weighted by atomic mass is 19.4. The highest BCUT2D eigenvalue weighted by Gasteiger charge is 2.38. The minimum atomic E-state index is -4.43. The van der Waals surface area contributed by atoms with Crippen molar-refractivity contribution in [3.05, 3.63) is 29.6 Å². The van der Waals surface area contributed by atoms with Gasteiger partial charge in [0.05, 0.1) is 11.0 Å². The van der Waals surface area contributed by atoms with Crippen molar-refractivity contribution in [2.75, 3.05) is 0 Å². The zero-order valence-corrected chi connectivity index (χ0v) is 11.4. The SMILES string of the molecule is CC(C)c1ccc2nc(C(F)(F)F)n(C(C)C)c2c1. The number of alkyl halides is 3. The monoisotopic (exact) mass is 270 g/mol. The molecule has 5 heteroatoms. The van der Waals surface area contributed by atoms with Crippen molar-refractivity contribution in [2.24, 2.45) is 0 Å². The van der Waals surface area contributed by atoms with Crippen LogP contribution in [0.15, 0.2) is 18.2 Å². The van der Waals surface area contributed by atoms with Gasteiger partial charge >= 0.3 is 6.18 Å². The maximum atomic E-state index is 13.0. The second-order valence-electron chi connectivity index (χ2n) is 5.30. The smallest absolute Gasteiger partial charge is 0.318 e. The van der Waals surface area contributed by atoms with Gasteiger partial charge in [0.1, 0.15) is 0 Å². The molecule has 1 aromatic carbocycles. The minimum Gasteiger partial charge on any atom is -0.318 e. The van der Waals surface area contributed by atoms with Crippen molar-refractivity contribution in [2.45, 2.75) is 45.8 Å². The molecule has 0 aliphatic carbocycles. The average molecular weight is 270 g/mol. The van der Waals surface area contributed by atoms with E-state index in [4.69, 9.17) is 0 Å². The van der Waals surface area contributed by atoms with Crippen molar-refractivity contribution in [1.29, 1.82) is 0 Å². The van der Waals surface area contributed by atoms with Gasteiger partial charge in [-0.2, -0.15) is 13.2 Å². The summed E-state index contributed by atoms with van der Waals surface area (Å²) in [6, 6.07) is 5.02. The maximum Gasteiger partial charge on any atom is 0.449 e. The van der Waals surface area contributed by atoms with E-state index in [1.54, 1.807) is 19.9 Å². The third-order valence-electron chi connectivity index (χ3n) is 3.15. The van der Waals surface area contributed by atoms with Crippen LogP contribution in [0.3, 0.4) is 0 Å². The lowest BCUT2D eigenvalue weighted by molar-refractivity contribution is -0.147. The van der Waals surface area contributed by atoms with Gasteiger partial charge in [-0.25, -0.2) is 4.98 Å². The van der Waals surface area contributed by atoms with Crippen LogP contribution in [0.1, 0.15) is 51.0 Å². The summed E-state index contributed by atoms with van der Waals surface area (Å²) in [6.45, 7) is 7.50. The molecule has 0 N–H and O–H groups in total. The van der Waals surface area contributed by atoms with Crippen LogP contribution in [-0.4, -0.2) is 9.55 Å². The van der Waals surface area contributed by atoms with Crippen LogP contribution in [0, 0.1) is 0 Å². The van der Waals surface area contributed by atoms with Crippen molar-refractivity contribution < 1.29 is 13.2 Å². The Labute approximate surface area is 110 Å². The Hall–Kier alpha value is -1.52. The second-order valence-corrected chi connectivity index (χ2v) is 5.30. The first-order valence-electron chi connectivity index (χ1n) is 6.31. The van der Waals surface area contributed by atoms with E-state index >= 15 is 0 Å². The summed E-state index contributed by atoms with van der Waals surface area (Å²) in [4.78, 5) is 3.74. The number of fused-ring (bicyclic) bond motifs is 1. The molecule has 0 bridgehead atoms. The number of rotatable bonds is 2. The van der Waals surface area contributed by atoms with Crippen molar-refractivity contribution in [3.63, 3.8) is 0 Å². The molecule has 0 spiro atoms. The van der Waals surface area contributed by atoms with E-state index in [9.17, 15) is 13.2 Å². The van der Waals surface area contributed by atoms with E-state index in [2.05, 4.69) is 4.98 Å². The van der Waals surface area contributed by atoms with Gasteiger partial charge in [-0.1, -0.05) is 19.9 Å². The first-order chi connectivity index (χ1) is 8.71.